The van der Waals surface area contributed by atoms with Crippen LogP contribution in [-0.2, 0) is 4.79 Å². The molecule has 3 nitrogen and oxygen atoms in total. The molecule has 2 heterocycles. The van der Waals surface area contributed by atoms with Gasteiger partial charge in [-0.3, -0.25) is 0 Å². The lowest BCUT2D eigenvalue weighted by molar-refractivity contribution is -0.134. The summed E-state index contributed by atoms with van der Waals surface area (Å²) in [5.74, 6) is -0.876. The predicted octanol–water partition coefficient (Wildman–Crippen LogP) is 2.35. The summed E-state index contributed by atoms with van der Waals surface area (Å²) < 4.78 is 0. The molecule has 0 amide bonds. The summed E-state index contributed by atoms with van der Waals surface area (Å²) in [7, 11) is 0. The van der Waals surface area contributed by atoms with Crippen LogP contribution in [-0.4, -0.2) is 26.3 Å². The molecule has 1 fully saturated rings. The topological polar surface area (TPSA) is 40.5 Å². The van der Waals surface area contributed by atoms with Crippen LogP contribution >= 0.6 is 24.0 Å². The minimum absolute atomic E-state index is 0.114. The van der Waals surface area contributed by atoms with E-state index in [0.29, 0.717) is 10.7 Å². The lowest BCUT2D eigenvalue weighted by atomic mass is 10.1. The summed E-state index contributed by atoms with van der Waals surface area (Å²) in [4.78, 5) is 14.4. The van der Waals surface area contributed by atoms with Gasteiger partial charge in [-0.1, -0.05) is 37.0 Å². The largest absolute Gasteiger partial charge is 0.477 e. The Kier molecular flexibility index (Phi) is 2.60. The van der Waals surface area contributed by atoms with Crippen LogP contribution < -0.4 is 0 Å². The number of carbonyl (C=O) groups is 1. The van der Waals surface area contributed by atoms with Crippen LogP contribution in [0.15, 0.2) is 22.3 Å². The summed E-state index contributed by atoms with van der Waals surface area (Å²) in [6.07, 6.45) is 2.72. The van der Waals surface area contributed by atoms with Crippen molar-refractivity contribution in [2.24, 2.45) is 0 Å². The van der Waals surface area contributed by atoms with Crippen molar-refractivity contribution in [3.63, 3.8) is 0 Å². The molecule has 80 valence electrons. The lowest BCUT2D eigenvalue weighted by Crippen LogP contribution is -2.50. The van der Waals surface area contributed by atoms with E-state index in [4.69, 9.17) is 17.3 Å². The van der Waals surface area contributed by atoms with Gasteiger partial charge in [0, 0.05) is 10.5 Å². The zero-order valence-corrected chi connectivity index (χ0v) is 10.1. The van der Waals surface area contributed by atoms with E-state index in [2.05, 4.69) is 0 Å². The first kappa shape index (κ1) is 10.7. The highest BCUT2D eigenvalue weighted by molar-refractivity contribution is 8.04. The molecule has 1 N–H and O–H groups in total. The molecule has 0 aromatic carbocycles. The number of thiocarbonyl (C=S) groups is 1. The maximum atomic E-state index is 11.1. The van der Waals surface area contributed by atoms with Crippen molar-refractivity contribution in [3.05, 3.63) is 22.3 Å². The molecule has 15 heavy (non-hydrogen) atoms. The van der Waals surface area contributed by atoms with Gasteiger partial charge in [-0.2, -0.15) is 0 Å². The third-order valence-electron chi connectivity index (χ3n) is 2.56. The Morgan fingerprint density at radius 1 is 1.73 bits per heavy atom. The molecule has 5 heteroatoms. The average molecular weight is 241 g/mol. The van der Waals surface area contributed by atoms with Crippen molar-refractivity contribution < 1.29 is 9.90 Å². The first-order chi connectivity index (χ1) is 7.11. The zero-order valence-electron chi connectivity index (χ0n) is 8.48. The molecule has 0 aromatic rings. The Balaban J connectivity index is 2.38. The van der Waals surface area contributed by atoms with E-state index in [-0.39, 0.29) is 5.37 Å². The number of nitrogens with zero attached hydrogens (tertiary/aromatic N) is 1. The van der Waals surface area contributed by atoms with Gasteiger partial charge < -0.3 is 10.0 Å². The predicted molar refractivity (Wildman–Crippen MR) is 64.5 cm³/mol. The Labute approximate surface area is 97.8 Å². The van der Waals surface area contributed by atoms with Crippen LogP contribution in [0.1, 0.15) is 20.3 Å². The number of carboxylic acid groups (broad SMARTS) is 1. The maximum absolute atomic E-state index is 11.1. The van der Waals surface area contributed by atoms with Crippen molar-refractivity contribution >= 4 is 34.9 Å². The van der Waals surface area contributed by atoms with Crippen LogP contribution in [0.2, 0.25) is 0 Å². The first-order valence-electron chi connectivity index (χ1n) is 4.74. The molecule has 1 saturated heterocycles. The van der Waals surface area contributed by atoms with E-state index in [0.717, 1.165) is 16.9 Å². The van der Waals surface area contributed by atoms with Crippen molar-refractivity contribution in [1.29, 1.82) is 0 Å². The second kappa shape index (κ2) is 3.64. The number of carboxylic acids is 1. The molecule has 0 aromatic heterocycles. The summed E-state index contributed by atoms with van der Waals surface area (Å²) in [5.41, 5.74) is 1.46. The van der Waals surface area contributed by atoms with Crippen molar-refractivity contribution in [2.75, 3.05) is 0 Å². The monoisotopic (exact) mass is 241 g/mol. The molecule has 0 radical (unpaired) electrons. The Bertz CT molecular complexity index is 412. The van der Waals surface area contributed by atoms with Gasteiger partial charge >= 0.3 is 5.97 Å². The van der Waals surface area contributed by atoms with Crippen LogP contribution in [0.5, 0.6) is 0 Å². The summed E-state index contributed by atoms with van der Waals surface area (Å²) in [6.45, 7) is 3.90. The lowest BCUT2D eigenvalue weighted by Gasteiger charge is -2.40. The normalized spacial score (nSPS) is 27.1. The van der Waals surface area contributed by atoms with Gasteiger partial charge in [0.05, 0.1) is 0 Å². The van der Waals surface area contributed by atoms with Gasteiger partial charge in [-0.05, 0) is 13.3 Å². The molecular formula is C10H11NO2S2. The Morgan fingerprint density at radius 2 is 2.40 bits per heavy atom. The molecule has 2 rings (SSSR count). The van der Waals surface area contributed by atoms with Crippen LogP contribution in [0, 0.1) is 0 Å². The highest BCUT2D eigenvalue weighted by atomic mass is 32.2. The van der Waals surface area contributed by atoms with E-state index < -0.39 is 5.97 Å². The molecular weight excluding hydrogens is 230 g/mol. The van der Waals surface area contributed by atoms with E-state index in [9.17, 15) is 4.79 Å². The number of hydrogen-bond acceptors (Lipinski definition) is 3. The Morgan fingerprint density at radius 3 is 2.87 bits per heavy atom. The summed E-state index contributed by atoms with van der Waals surface area (Å²) in [5, 5.41) is 9.24. The summed E-state index contributed by atoms with van der Waals surface area (Å²) in [6, 6.07) is 0. The molecule has 0 aliphatic carbocycles. The third-order valence-corrected chi connectivity index (χ3v) is 4.45. The zero-order chi connectivity index (χ0) is 11.2. The van der Waals surface area contributed by atoms with Crippen LogP contribution in [0.3, 0.4) is 0 Å². The molecule has 1 atom stereocenters. The molecule has 0 unspecified atom stereocenters. The molecule has 2 aliphatic rings. The second-order valence-electron chi connectivity index (χ2n) is 3.32. The smallest absolute Gasteiger partial charge is 0.353 e. The number of rotatable bonds is 2. The fourth-order valence-corrected chi connectivity index (χ4v) is 3.82. The quantitative estimate of drug-likeness (QED) is 0.593. The van der Waals surface area contributed by atoms with Gasteiger partial charge in [0.25, 0.3) is 0 Å². The van der Waals surface area contributed by atoms with Gasteiger partial charge in [0.1, 0.15) is 16.1 Å². The highest BCUT2D eigenvalue weighted by Gasteiger charge is 2.48. The minimum Gasteiger partial charge on any atom is -0.477 e. The Hall–Kier alpha value is -0.810. The highest BCUT2D eigenvalue weighted by Crippen LogP contribution is 2.50. The van der Waals surface area contributed by atoms with Crippen LogP contribution in [0.4, 0.5) is 0 Å². The number of allylic oxidation sites excluding steroid dienone is 2. The van der Waals surface area contributed by atoms with Gasteiger partial charge in [0.15, 0.2) is 0 Å². The number of hydrogen-bond donors (Lipinski definition) is 1. The summed E-state index contributed by atoms with van der Waals surface area (Å²) >= 11 is 6.79. The van der Waals surface area contributed by atoms with Crippen molar-refractivity contribution in [3.8, 4) is 0 Å². The van der Waals surface area contributed by atoms with Gasteiger partial charge in [-0.15, -0.1) is 0 Å². The number of aliphatic carboxylic acids is 1. The van der Waals surface area contributed by atoms with Crippen molar-refractivity contribution in [2.45, 2.75) is 25.6 Å². The van der Waals surface area contributed by atoms with E-state index in [1.165, 1.54) is 0 Å². The third kappa shape index (κ3) is 1.33. The average Bonchev–Trinajstić information content (AvgIpc) is 2.53. The standard InChI is InChI=1S/C10H11NO2S2/c1-3-5-8(14)11-7(10(12)13)6(4-2)15-9(5)11/h3,9H,4H2,1-2H3,(H,12,13)/t9-/m0/s1. The number of fused-ring (bicyclic) bond motifs is 1. The maximum Gasteiger partial charge on any atom is 0.353 e. The SMILES string of the molecule is CC=C1C(=S)N2C(C(=O)O)=C(CC)S[C@@H]12. The number of thioether (sulfide) groups is 1. The van der Waals surface area contributed by atoms with Crippen molar-refractivity contribution in [1.82, 2.24) is 4.90 Å². The molecule has 0 bridgehead atoms. The van der Waals surface area contributed by atoms with E-state index in [1.807, 2.05) is 19.9 Å². The minimum atomic E-state index is -0.876. The van der Waals surface area contributed by atoms with E-state index >= 15 is 0 Å². The fourth-order valence-electron chi connectivity index (χ4n) is 1.82. The molecule has 0 saturated carbocycles. The van der Waals surface area contributed by atoms with Gasteiger partial charge in [0.2, 0.25) is 0 Å². The molecule has 2 aliphatic heterocycles. The van der Waals surface area contributed by atoms with E-state index in [1.54, 1.807) is 16.7 Å². The first-order valence-corrected chi connectivity index (χ1v) is 6.03. The van der Waals surface area contributed by atoms with Gasteiger partial charge in [-0.25, -0.2) is 4.79 Å². The second-order valence-corrected chi connectivity index (χ2v) is 4.88. The fraction of sp³-hybridized carbons (Fsp3) is 0.400. The molecule has 0 spiro atoms. The van der Waals surface area contributed by atoms with Crippen LogP contribution in [0.25, 0.3) is 0 Å².